The van der Waals surface area contributed by atoms with E-state index in [0.29, 0.717) is 10.8 Å². The first kappa shape index (κ1) is 19.5. The van der Waals surface area contributed by atoms with Gasteiger partial charge in [-0.05, 0) is 98.7 Å². The molecule has 4 aliphatic carbocycles. The Labute approximate surface area is 158 Å². The highest BCUT2D eigenvalue weighted by molar-refractivity contribution is 5.22. The summed E-state index contributed by atoms with van der Waals surface area (Å²) in [5.74, 6) is 5.03. The SMILES string of the molecule is C/C=C1/CC(C)CC2C3CCC4CCCCC4(C)C3CCC12C.CC. The maximum absolute atomic E-state index is 2.71. The van der Waals surface area contributed by atoms with E-state index in [4.69, 9.17) is 0 Å². The maximum atomic E-state index is 2.71. The molecule has 0 heteroatoms. The lowest BCUT2D eigenvalue weighted by Crippen LogP contribution is -2.54. The van der Waals surface area contributed by atoms with E-state index in [1.807, 2.05) is 19.4 Å². The van der Waals surface area contributed by atoms with Gasteiger partial charge in [0, 0.05) is 0 Å². The van der Waals surface area contributed by atoms with Crippen molar-refractivity contribution in [1.29, 1.82) is 0 Å². The van der Waals surface area contributed by atoms with E-state index >= 15 is 0 Å². The molecule has 0 bridgehead atoms. The van der Waals surface area contributed by atoms with Crippen molar-refractivity contribution in [1.82, 2.24) is 0 Å². The van der Waals surface area contributed by atoms with Crippen molar-refractivity contribution < 1.29 is 0 Å². The van der Waals surface area contributed by atoms with Crippen molar-refractivity contribution in [2.24, 2.45) is 40.4 Å². The Bertz CT molecular complexity index is 488. The zero-order valence-electron chi connectivity index (χ0n) is 18.0. The fourth-order valence-corrected chi connectivity index (χ4v) is 8.02. The van der Waals surface area contributed by atoms with Gasteiger partial charge in [0.15, 0.2) is 0 Å². The average molecular weight is 345 g/mol. The highest BCUT2D eigenvalue weighted by Crippen LogP contribution is 2.66. The molecule has 25 heavy (non-hydrogen) atoms. The normalized spacial score (nSPS) is 50.8. The van der Waals surface area contributed by atoms with Gasteiger partial charge in [-0.1, -0.05) is 59.1 Å². The number of hydrogen-bond acceptors (Lipinski definition) is 0. The van der Waals surface area contributed by atoms with Crippen LogP contribution in [0.15, 0.2) is 11.6 Å². The van der Waals surface area contributed by atoms with Crippen LogP contribution >= 0.6 is 0 Å². The smallest absolute Gasteiger partial charge is 0.00852 e. The lowest BCUT2D eigenvalue weighted by Gasteiger charge is -2.63. The van der Waals surface area contributed by atoms with Gasteiger partial charge in [-0.15, -0.1) is 0 Å². The fourth-order valence-electron chi connectivity index (χ4n) is 8.02. The molecule has 4 fully saturated rings. The van der Waals surface area contributed by atoms with Crippen LogP contribution in [0.25, 0.3) is 0 Å². The third kappa shape index (κ3) is 3.04. The van der Waals surface area contributed by atoms with E-state index in [-0.39, 0.29) is 0 Å². The van der Waals surface area contributed by atoms with Crippen molar-refractivity contribution in [2.45, 2.75) is 106 Å². The van der Waals surface area contributed by atoms with Gasteiger partial charge in [0.25, 0.3) is 0 Å². The van der Waals surface area contributed by atoms with Gasteiger partial charge in [0.1, 0.15) is 0 Å². The Balaban J connectivity index is 0.000000880. The van der Waals surface area contributed by atoms with Crippen LogP contribution in [0.2, 0.25) is 0 Å². The van der Waals surface area contributed by atoms with Gasteiger partial charge < -0.3 is 0 Å². The summed E-state index contributed by atoms with van der Waals surface area (Å²) in [4.78, 5) is 0. The highest BCUT2D eigenvalue weighted by atomic mass is 14.6. The first-order valence-electron chi connectivity index (χ1n) is 11.6. The molecule has 144 valence electrons. The second kappa shape index (κ2) is 7.40. The summed E-state index contributed by atoms with van der Waals surface area (Å²) in [5.41, 5.74) is 3.05. The van der Waals surface area contributed by atoms with Crippen LogP contribution in [-0.4, -0.2) is 0 Å². The molecular weight excluding hydrogens is 300 g/mol. The van der Waals surface area contributed by atoms with Crippen LogP contribution in [0.4, 0.5) is 0 Å². The minimum atomic E-state index is 0.542. The number of rotatable bonds is 0. The first-order chi connectivity index (χ1) is 12.0. The van der Waals surface area contributed by atoms with Crippen LogP contribution in [0.1, 0.15) is 106 Å². The molecule has 0 radical (unpaired) electrons. The van der Waals surface area contributed by atoms with E-state index in [0.717, 1.165) is 29.6 Å². The molecule has 4 rings (SSSR count). The minimum absolute atomic E-state index is 0.542. The summed E-state index contributed by atoms with van der Waals surface area (Å²) in [6.45, 7) is 14.2. The van der Waals surface area contributed by atoms with E-state index < -0.39 is 0 Å². The van der Waals surface area contributed by atoms with Gasteiger partial charge >= 0.3 is 0 Å². The second-order valence-electron chi connectivity index (χ2n) is 10.2. The van der Waals surface area contributed by atoms with Crippen LogP contribution in [0.5, 0.6) is 0 Å². The van der Waals surface area contributed by atoms with E-state index in [2.05, 4.69) is 33.8 Å². The third-order valence-corrected chi connectivity index (χ3v) is 9.28. The molecule has 4 saturated carbocycles. The van der Waals surface area contributed by atoms with Crippen molar-refractivity contribution in [3.05, 3.63) is 11.6 Å². The van der Waals surface area contributed by atoms with E-state index in [1.54, 1.807) is 12.8 Å². The lowest BCUT2D eigenvalue weighted by atomic mass is 9.42. The minimum Gasteiger partial charge on any atom is -0.0879 e. The van der Waals surface area contributed by atoms with Crippen molar-refractivity contribution in [2.75, 3.05) is 0 Å². The summed E-state index contributed by atoms with van der Waals surface area (Å²) in [5, 5.41) is 0. The second-order valence-corrected chi connectivity index (χ2v) is 10.2. The van der Waals surface area contributed by atoms with Gasteiger partial charge in [0.2, 0.25) is 0 Å². The highest BCUT2D eigenvalue weighted by Gasteiger charge is 2.57. The van der Waals surface area contributed by atoms with Gasteiger partial charge in [0.05, 0.1) is 0 Å². The van der Waals surface area contributed by atoms with E-state index in [9.17, 15) is 0 Å². The molecule has 0 saturated heterocycles. The summed E-state index contributed by atoms with van der Waals surface area (Å²) in [6.07, 6.45) is 17.6. The molecule has 0 nitrogen and oxygen atoms in total. The summed E-state index contributed by atoms with van der Waals surface area (Å²) in [7, 11) is 0. The molecule has 0 aromatic heterocycles. The largest absolute Gasteiger partial charge is 0.0879 e. The molecule has 0 heterocycles. The van der Waals surface area contributed by atoms with Gasteiger partial charge in [-0.3, -0.25) is 0 Å². The third-order valence-electron chi connectivity index (χ3n) is 9.28. The summed E-state index contributed by atoms with van der Waals surface area (Å²) < 4.78 is 0. The quantitative estimate of drug-likeness (QED) is 0.390. The number of allylic oxidation sites excluding steroid dienone is 2. The van der Waals surface area contributed by atoms with Gasteiger partial charge in [-0.25, -0.2) is 0 Å². The molecule has 7 unspecified atom stereocenters. The maximum Gasteiger partial charge on any atom is -0.00852 e. The van der Waals surface area contributed by atoms with Crippen molar-refractivity contribution in [3.63, 3.8) is 0 Å². The zero-order chi connectivity index (χ0) is 18.2. The standard InChI is InChI=1S/C23H38.C2H6/c1-5-17-14-16(2)15-21-19-10-9-18-8-6-7-12-22(18,3)20(19)11-13-23(17,21)4;1-2/h5,16,18-21H,6-15H2,1-4H3;1-2H3/b17-5-;. The topological polar surface area (TPSA) is 0 Å². The van der Waals surface area contributed by atoms with E-state index in [1.165, 1.54) is 51.4 Å². The molecule has 0 N–H and O–H groups in total. The molecule has 0 aromatic rings. The van der Waals surface area contributed by atoms with Crippen LogP contribution in [-0.2, 0) is 0 Å². The van der Waals surface area contributed by atoms with Crippen molar-refractivity contribution >= 4 is 0 Å². The summed E-state index contributed by atoms with van der Waals surface area (Å²) >= 11 is 0. The predicted molar refractivity (Wildman–Crippen MR) is 111 cm³/mol. The number of hydrogen-bond donors (Lipinski definition) is 0. The number of fused-ring (bicyclic) bond motifs is 5. The van der Waals surface area contributed by atoms with Crippen LogP contribution in [0, 0.1) is 40.4 Å². The lowest BCUT2D eigenvalue weighted by molar-refractivity contribution is -0.114. The monoisotopic (exact) mass is 344 g/mol. The zero-order valence-corrected chi connectivity index (χ0v) is 18.0. The Morgan fingerprint density at radius 3 is 2.40 bits per heavy atom. The average Bonchev–Trinajstić information content (AvgIpc) is 2.62. The molecular formula is C25H44. The molecule has 0 aromatic carbocycles. The Hall–Kier alpha value is -0.260. The van der Waals surface area contributed by atoms with Crippen molar-refractivity contribution in [3.8, 4) is 0 Å². The van der Waals surface area contributed by atoms with Crippen LogP contribution in [0.3, 0.4) is 0 Å². The first-order valence-corrected chi connectivity index (χ1v) is 11.6. The molecule has 0 aliphatic heterocycles. The molecule has 4 aliphatic rings. The van der Waals surface area contributed by atoms with Gasteiger partial charge in [-0.2, -0.15) is 0 Å². The Kier molecular flexibility index (Phi) is 5.77. The Morgan fingerprint density at radius 1 is 0.920 bits per heavy atom. The molecule has 7 atom stereocenters. The molecule has 0 amide bonds. The summed E-state index contributed by atoms with van der Waals surface area (Å²) in [6, 6.07) is 0. The Morgan fingerprint density at radius 2 is 1.68 bits per heavy atom. The fraction of sp³-hybridized carbons (Fsp3) is 0.920. The molecule has 0 spiro atoms. The predicted octanol–water partition coefficient (Wildman–Crippen LogP) is 8.03. The van der Waals surface area contributed by atoms with Crippen LogP contribution < -0.4 is 0 Å².